The van der Waals surface area contributed by atoms with Crippen LogP contribution in [0.1, 0.15) is 5.56 Å². The second-order valence-corrected chi connectivity index (χ2v) is 15.8. The lowest BCUT2D eigenvalue weighted by Crippen LogP contribution is -2.00. The molecule has 0 unspecified atom stereocenters. The highest BCUT2D eigenvalue weighted by atomic mass is 32.2. The maximum absolute atomic E-state index is 9.39. The number of thiophene rings is 1. The van der Waals surface area contributed by atoms with Crippen LogP contribution in [0.5, 0.6) is 0 Å². The number of fused-ring (bicyclic) bond motifs is 3. The van der Waals surface area contributed by atoms with Gasteiger partial charge in [-0.3, -0.25) is 0 Å². The summed E-state index contributed by atoms with van der Waals surface area (Å²) in [6, 6.07) is 63.5. The van der Waals surface area contributed by atoms with E-state index >= 15 is 0 Å². The number of aromatic nitrogens is 5. The minimum Gasteiger partial charge on any atom is -0.226 e. The average molecular weight is 779 g/mol. The molecule has 0 atom stereocenters. The summed E-state index contributed by atoms with van der Waals surface area (Å²) in [5.74, 6) is 2.48. The third-order valence-electron chi connectivity index (χ3n) is 9.84. The normalized spacial score (nSPS) is 11.2. The van der Waals surface area contributed by atoms with E-state index in [-0.39, 0.29) is 0 Å². The summed E-state index contributed by atoms with van der Waals surface area (Å²) in [4.78, 5) is 27.3. The first-order chi connectivity index (χ1) is 28.6. The zero-order valence-electron chi connectivity index (χ0n) is 30.8. The van der Waals surface area contributed by atoms with Crippen molar-refractivity contribution in [3.05, 3.63) is 188 Å². The molecule has 10 aromatic rings. The molecule has 6 nitrogen and oxygen atoms in total. The molecule has 3 heterocycles. The van der Waals surface area contributed by atoms with Crippen LogP contribution in [0.4, 0.5) is 0 Å². The number of nitrogens with zero attached hydrogens (tertiary/aromatic N) is 6. The molecule has 0 bridgehead atoms. The third-order valence-corrected chi connectivity index (χ3v) is 12.0. The van der Waals surface area contributed by atoms with Crippen LogP contribution in [0.2, 0.25) is 0 Å². The van der Waals surface area contributed by atoms with E-state index in [4.69, 9.17) is 24.9 Å². The van der Waals surface area contributed by atoms with Gasteiger partial charge >= 0.3 is 0 Å². The molecule has 0 fully saturated rings. The Bertz CT molecular complexity index is 3140. The summed E-state index contributed by atoms with van der Waals surface area (Å²) in [6.45, 7) is 0. The minimum atomic E-state index is 0.584. The molecule has 10 rings (SSSR count). The molecule has 0 spiro atoms. The highest BCUT2D eigenvalue weighted by Gasteiger charge is 2.17. The second kappa shape index (κ2) is 15.3. The first-order valence-corrected chi connectivity index (χ1v) is 20.3. The van der Waals surface area contributed by atoms with E-state index in [0.29, 0.717) is 28.9 Å². The number of hydrogen-bond acceptors (Lipinski definition) is 8. The number of nitriles is 1. The first-order valence-electron chi connectivity index (χ1n) is 18.7. The van der Waals surface area contributed by atoms with Crippen LogP contribution in [0, 0.1) is 11.3 Å². The standard InChI is InChI=1S/C50H30N6S2/c51-31-32-11-9-16-38(29-32)33-21-23-36(24-22-33)49-54-48(35-14-5-2-6-15-35)55-50(56-49)39-17-10-18-41(30-39)57-40-27-25-37(26-28-40)47-52-44(34-12-3-1-4-13-34)46-45(53-47)42-19-7-8-20-43(42)58-46/h1-30H. The summed E-state index contributed by atoms with van der Waals surface area (Å²) in [7, 11) is 0. The molecule has 0 aliphatic heterocycles. The van der Waals surface area contributed by atoms with Gasteiger partial charge in [-0.2, -0.15) is 5.26 Å². The Morgan fingerprint density at radius 2 is 0.966 bits per heavy atom. The molecule has 0 saturated carbocycles. The zero-order valence-corrected chi connectivity index (χ0v) is 32.5. The van der Waals surface area contributed by atoms with Crippen LogP contribution in [0.15, 0.2) is 192 Å². The van der Waals surface area contributed by atoms with Gasteiger partial charge < -0.3 is 0 Å². The predicted octanol–water partition coefficient (Wildman–Crippen LogP) is 13.1. The molecule has 0 radical (unpaired) electrons. The lowest BCUT2D eigenvalue weighted by Gasteiger charge is -2.10. The summed E-state index contributed by atoms with van der Waals surface area (Å²) >= 11 is 3.42. The molecule has 0 amide bonds. The molecule has 0 N–H and O–H groups in total. The summed E-state index contributed by atoms with van der Waals surface area (Å²) in [6.07, 6.45) is 0. The highest BCUT2D eigenvalue weighted by Crippen LogP contribution is 2.40. The molecular formula is C50H30N6S2. The van der Waals surface area contributed by atoms with Gasteiger partial charge in [0, 0.05) is 47.7 Å². The van der Waals surface area contributed by atoms with Crippen LogP contribution in [-0.2, 0) is 0 Å². The molecule has 8 heteroatoms. The Hall–Kier alpha value is -7.31. The van der Waals surface area contributed by atoms with Crippen molar-refractivity contribution in [2.45, 2.75) is 9.79 Å². The molecular weight excluding hydrogens is 749 g/mol. The number of rotatable bonds is 8. The first kappa shape index (κ1) is 35.1. The maximum Gasteiger partial charge on any atom is 0.164 e. The lowest BCUT2D eigenvalue weighted by molar-refractivity contribution is 1.07. The van der Waals surface area contributed by atoms with Crippen LogP contribution in [-0.4, -0.2) is 24.9 Å². The Kier molecular flexibility index (Phi) is 9.28. The summed E-state index contributed by atoms with van der Waals surface area (Å²) < 4.78 is 2.30. The topological polar surface area (TPSA) is 88.2 Å². The van der Waals surface area contributed by atoms with Gasteiger partial charge in [-0.1, -0.05) is 151 Å². The summed E-state index contributed by atoms with van der Waals surface area (Å²) in [5, 5.41) is 10.5. The molecule has 0 saturated heterocycles. The molecule has 0 aliphatic carbocycles. The fourth-order valence-electron chi connectivity index (χ4n) is 6.95. The fraction of sp³-hybridized carbons (Fsp3) is 0. The molecule has 3 aromatic heterocycles. The Morgan fingerprint density at radius 1 is 0.414 bits per heavy atom. The largest absolute Gasteiger partial charge is 0.226 e. The zero-order chi connectivity index (χ0) is 38.8. The van der Waals surface area contributed by atoms with Crippen molar-refractivity contribution < 1.29 is 0 Å². The Balaban J connectivity index is 0.960. The van der Waals surface area contributed by atoms with E-state index in [2.05, 4.69) is 91.0 Å². The SMILES string of the molecule is N#Cc1cccc(-c2ccc(-c3nc(-c4ccccc4)nc(-c4cccc(Sc5ccc(-c6nc(-c7ccccc7)c7sc8ccccc8c7n6)cc5)c4)n3)cc2)c1. The van der Waals surface area contributed by atoms with Gasteiger partial charge in [0.05, 0.1) is 27.5 Å². The van der Waals surface area contributed by atoms with E-state index in [1.54, 1.807) is 23.1 Å². The van der Waals surface area contributed by atoms with Gasteiger partial charge in [-0.25, -0.2) is 24.9 Å². The van der Waals surface area contributed by atoms with Gasteiger partial charge in [-0.15, -0.1) is 11.3 Å². The number of benzene rings is 7. The molecule has 272 valence electrons. The van der Waals surface area contributed by atoms with E-state index in [1.165, 1.54) is 4.70 Å². The monoisotopic (exact) mass is 778 g/mol. The molecule has 58 heavy (non-hydrogen) atoms. The Labute approximate surface area is 343 Å². The maximum atomic E-state index is 9.39. The van der Waals surface area contributed by atoms with Crippen molar-refractivity contribution in [3.8, 4) is 74.0 Å². The van der Waals surface area contributed by atoms with Crippen LogP contribution < -0.4 is 0 Å². The average Bonchev–Trinajstić information content (AvgIpc) is 3.68. The van der Waals surface area contributed by atoms with Gasteiger partial charge in [0.15, 0.2) is 23.3 Å². The van der Waals surface area contributed by atoms with E-state index in [1.807, 2.05) is 97.1 Å². The second-order valence-electron chi connectivity index (χ2n) is 13.6. The fourth-order valence-corrected chi connectivity index (χ4v) is 8.98. The van der Waals surface area contributed by atoms with Crippen LogP contribution in [0.25, 0.3) is 88.2 Å². The van der Waals surface area contributed by atoms with Gasteiger partial charge in [0.25, 0.3) is 0 Å². The van der Waals surface area contributed by atoms with Crippen molar-refractivity contribution in [1.82, 2.24) is 24.9 Å². The quantitative estimate of drug-likeness (QED) is 0.152. The van der Waals surface area contributed by atoms with Gasteiger partial charge in [0.2, 0.25) is 0 Å². The van der Waals surface area contributed by atoms with Gasteiger partial charge in [0.1, 0.15) is 0 Å². The smallest absolute Gasteiger partial charge is 0.164 e. The van der Waals surface area contributed by atoms with Crippen LogP contribution in [0.3, 0.4) is 0 Å². The van der Waals surface area contributed by atoms with Crippen molar-refractivity contribution in [2.24, 2.45) is 0 Å². The van der Waals surface area contributed by atoms with Crippen molar-refractivity contribution >= 4 is 43.4 Å². The van der Waals surface area contributed by atoms with Crippen molar-refractivity contribution in [3.63, 3.8) is 0 Å². The predicted molar refractivity (Wildman–Crippen MR) is 236 cm³/mol. The van der Waals surface area contributed by atoms with Crippen molar-refractivity contribution in [2.75, 3.05) is 0 Å². The van der Waals surface area contributed by atoms with Crippen LogP contribution >= 0.6 is 23.1 Å². The third kappa shape index (κ3) is 7.01. The van der Waals surface area contributed by atoms with E-state index in [0.717, 1.165) is 70.0 Å². The lowest BCUT2D eigenvalue weighted by atomic mass is 10.0. The van der Waals surface area contributed by atoms with Crippen molar-refractivity contribution in [1.29, 1.82) is 5.26 Å². The van der Waals surface area contributed by atoms with E-state index in [9.17, 15) is 5.26 Å². The van der Waals surface area contributed by atoms with E-state index < -0.39 is 0 Å². The molecule has 0 aliphatic rings. The highest BCUT2D eigenvalue weighted by molar-refractivity contribution is 7.99. The minimum absolute atomic E-state index is 0.584. The van der Waals surface area contributed by atoms with Gasteiger partial charge in [-0.05, 0) is 53.6 Å². The summed E-state index contributed by atoms with van der Waals surface area (Å²) in [5.41, 5.74) is 9.27. The Morgan fingerprint density at radius 3 is 1.69 bits per heavy atom. The number of hydrogen-bond donors (Lipinski definition) is 0. The molecule has 7 aromatic carbocycles.